The van der Waals surface area contributed by atoms with Gasteiger partial charge in [0.15, 0.2) is 0 Å². The van der Waals surface area contributed by atoms with Gasteiger partial charge in [0.2, 0.25) is 0 Å². The second kappa shape index (κ2) is 3.81. The van der Waals surface area contributed by atoms with E-state index in [9.17, 15) is 4.79 Å². The van der Waals surface area contributed by atoms with Crippen molar-refractivity contribution in [2.45, 2.75) is 0 Å². The van der Waals surface area contributed by atoms with Gasteiger partial charge < -0.3 is 9.30 Å². The summed E-state index contributed by atoms with van der Waals surface area (Å²) in [6.07, 6.45) is 3.36. The Morgan fingerprint density at radius 3 is 2.94 bits per heavy atom. The van der Waals surface area contributed by atoms with Crippen molar-refractivity contribution in [3.05, 3.63) is 36.2 Å². The summed E-state index contributed by atoms with van der Waals surface area (Å²) in [5.74, 6) is -0.382. The van der Waals surface area contributed by atoms with Gasteiger partial charge in [0.1, 0.15) is 5.52 Å². The van der Waals surface area contributed by atoms with Crippen molar-refractivity contribution in [1.82, 2.24) is 9.55 Å². The smallest absolute Gasteiger partial charge is 0.340 e. The van der Waals surface area contributed by atoms with E-state index >= 15 is 0 Å². The number of rotatable bonds is 2. The molecule has 0 unspecified atom stereocenters. The zero-order valence-corrected chi connectivity index (χ0v) is 9.23. The van der Waals surface area contributed by atoms with Crippen LogP contribution in [-0.2, 0) is 11.8 Å². The molecule has 4 nitrogen and oxygen atoms in total. The van der Waals surface area contributed by atoms with Crippen LogP contribution in [0, 0.1) is 0 Å². The first-order valence-corrected chi connectivity index (χ1v) is 4.83. The maximum absolute atomic E-state index is 11.6. The molecular formula is C12H12N2O2. The summed E-state index contributed by atoms with van der Waals surface area (Å²) in [6.45, 7) is 3.70. The van der Waals surface area contributed by atoms with E-state index in [0.717, 1.165) is 11.1 Å². The second-order valence-electron chi connectivity index (χ2n) is 3.49. The van der Waals surface area contributed by atoms with Crippen LogP contribution in [-0.4, -0.2) is 22.6 Å². The number of methoxy groups -OCH3 is 1. The van der Waals surface area contributed by atoms with Gasteiger partial charge in [-0.2, -0.15) is 0 Å². The van der Waals surface area contributed by atoms with Crippen molar-refractivity contribution >= 4 is 23.1 Å². The Labute approximate surface area is 93.2 Å². The molecular weight excluding hydrogens is 204 g/mol. The summed E-state index contributed by atoms with van der Waals surface area (Å²) >= 11 is 0. The maximum Gasteiger partial charge on any atom is 0.340 e. The van der Waals surface area contributed by atoms with Crippen LogP contribution in [0.5, 0.6) is 0 Å². The standard InChI is InChI=1S/C12H12N2O2/c1-4-8-5-9(12(15)16-3)11-10(6-8)14(2)7-13-11/h4-7H,1H2,2-3H3. The van der Waals surface area contributed by atoms with Crippen LogP contribution in [0.25, 0.3) is 17.1 Å². The van der Waals surface area contributed by atoms with Gasteiger partial charge in [-0.1, -0.05) is 12.7 Å². The highest BCUT2D eigenvalue weighted by atomic mass is 16.5. The minimum absolute atomic E-state index is 0.382. The predicted molar refractivity (Wildman–Crippen MR) is 62.1 cm³/mol. The van der Waals surface area contributed by atoms with Crippen LogP contribution >= 0.6 is 0 Å². The molecule has 0 aliphatic carbocycles. The number of esters is 1. The van der Waals surface area contributed by atoms with Crippen molar-refractivity contribution in [2.75, 3.05) is 7.11 Å². The fourth-order valence-corrected chi connectivity index (χ4v) is 1.64. The summed E-state index contributed by atoms with van der Waals surface area (Å²) in [5, 5.41) is 0. The number of imidazole rings is 1. The van der Waals surface area contributed by atoms with Crippen LogP contribution < -0.4 is 0 Å². The molecule has 0 bridgehead atoms. The van der Waals surface area contributed by atoms with Crippen molar-refractivity contribution in [2.24, 2.45) is 7.05 Å². The Morgan fingerprint density at radius 2 is 2.31 bits per heavy atom. The van der Waals surface area contributed by atoms with Crippen LogP contribution in [0.2, 0.25) is 0 Å². The SMILES string of the molecule is C=Cc1cc(C(=O)OC)c2ncn(C)c2c1. The lowest BCUT2D eigenvalue weighted by molar-refractivity contribution is 0.0603. The Morgan fingerprint density at radius 1 is 1.56 bits per heavy atom. The molecule has 2 rings (SSSR count). The predicted octanol–water partition coefficient (Wildman–Crippen LogP) is 2.00. The highest BCUT2D eigenvalue weighted by molar-refractivity contribution is 6.02. The average molecular weight is 216 g/mol. The third kappa shape index (κ3) is 1.48. The highest BCUT2D eigenvalue weighted by Gasteiger charge is 2.14. The Hall–Kier alpha value is -2.10. The molecule has 2 aromatic rings. The number of hydrogen-bond donors (Lipinski definition) is 0. The van der Waals surface area contributed by atoms with E-state index in [2.05, 4.69) is 11.6 Å². The number of benzene rings is 1. The molecule has 0 aliphatic heterocycles. The lowest BCUT2D eigenvalue weighted by Gasteiger charge is -2.03. The number of aromatic nitrogens is 2. The third-order valence-electron chi connectivity index (χ3n) is 2.49. The summed E-state index contributed by atoms with van der Waals surface area (Å²) in [7, 11) is 3.24. The van der Waals surface area contributed by atoms with Gasteiger partial charge in [-0.25, -0.2) is 9.78 Å². The summed E-state index contributed by atoms with van der Waals surface area (Å²) in [6, 6.07) is 3.66. The van der Waals surface area contributed by atoms with E-state index in [1.165, 1.54) is 7.11 Å². The summed E-state index contributed by atoms with van der Waals surface area (Å²) in [5.41, 5.74) is 2.88. The molecule has 4 heteroatoms. The molecule has 1 aromatic heterocycles. The zero-order chi connectivity index (χ0) is 11.7. The number of ether oxygens (including phenoxy) is 1. The lowest BCUT2D eigenvalue weighted by atomic mass is 10.1. The van der Waals surface area contributed by atoms with Crippen molar-refractivity contribution < 1.29 is 9.53 Å². The molecule has 0 aliphatic rings. The molecule has 16 heavy (non-hydrogen) atoms. The number of carbonyl (C=O) groups is 1. The van der Waals surface area contributed by atoms with Crippen LogP contribution in [0.3, 0.4) is 0 Å². The van der Waals surface area contributed by atoms with Gasteiger partial charge in [-0.3, -0.25) is 0 Å². The number of carbonyl (C=O) groups excluding carboxylic acids is 1. The summed E-state index contributed by atoms with van der Waals surface area (Å²) in [4.78, 5) is 15.8. The number of hydrogen-bond acceptors (Lipinski definition) is 3. The normalized spacial score (nSPS) is 10.4. The maximum atomic E-state index is 11.6. The fourth-order valence-electron chi connectivity index (χ4n) is 1.64. The first kappa shape index (κ1) is 10.4. The van der Waals surface area contributed by atoms with Crippen LogP contribution in [0.15, 0.2) is 25.0 Å². The average Bonchev–Trinajstić information content (AvgIpc) is 2.69. The Bertz CT molecular complexity index is 570. The molecule has 0 saturated heterocycles. The monoisotopic (exact) mass is 216 g/mol. The molecule has 0 spiro atoms. The molecule has 1 aromatic carbocycles. The minimum atomic E-state index is -0.382. The molecule has 0 radical (unpaired) electrons. The molecule has 1 heterocycles. The van der Waals surface area contributed by atoms with E-state index < -0.39 is 0 Å². The van der Waals surface area contributed by atoms with E-state index in [1.54, 1.807) is 18.5 Å². The molecule has 0 N–H and O–H groups in total. The van der Waals surface area contributed by atoms with E-state index in [1.807, 2.05) is 17.7 Å². The van der Waals surface area contributed by atoms with Crippen molar-refractivity contribution in [3.8, 4) is 0 Å². The summed E-state index contributed by atoms with van der Waals surface area (Å²) < 4.78 is 6.59. The van der Waals surface area contributed by atoms with E-state index in [-0.39, 0.29) is 5.97 Å². The Kier molecular flexibility index (Phi) is 2.48. The second-order valence-corrected chi connectivity index (χ2v) is 3.49. The molecule has 0 fully saturated rings. The van der Waals surface area contributed by atoms with Gasteiger partial charge in [-0.05, 0) is 17.7 Å². The number of fused-ring (bicyclic) bond motifs is 1. The first-order valence-electron chi connectivity index (χ1n) is 4.83. The van der Waals surface area contributed by atoms with Gasteiger partial charge >= 0.3 is 5.97 Å². The van der Waals surface area contributed by atoms with E-state index in [4.69, 9.17) is 4.74 Å². The van der Waals surface area contributed by atoms with Crippen molar-refractivity contribution in [1.29, 1.82) is 0 Å². The van der Waals surface area contributed by atoms with Gasteiger partial charge in [0, 0.05) is 7.05 Å². The molecule has 0 atom stereocenters. The third-order valence-corrected chi connectivity index (χ3v) is 2.49. The quantitative estimate of drug-likeness (QED) is 0.721. The van der Waals surface area contributed by atoms with Gasteiger partial charge in [-0.15, -0.1) is 0 Å². The number of nitrogens with zero attached hydrogens (tertiary/aromatic N) is 2. The molecule has 82 valence electrons. The van der Waals surface area contributed by atoms with Gasteiger partial charge in [0.05, 0.1) is 24.5 Å². The molecule has 0 saturated carbocycles. The van der Waals surface area contributed by atoms with Crippen LogP contribution in [0.1, 0.15) is 15.9 Å². The lowest BCUT2D eigenvalue weighted by Crippen LogP contribution is -2.03. The Balaban J connectivity index is 2.79. The van der Waals surface area contributed by atoms with Crippen LogP contribution in [0.4, 0.5) is 0 Å². The fraction of sp³-hybridized carbons (Fsp3) is 0.167. The zero-order valence-electron chi connectivity index (χ0n) is 9.23. The van der Waals surface area contributed by atoms with Crippen molar-refractivity contribution in [3.63, 3.8) is 0 Å². The number of aryl methyl sites for hydroxylation is 1. The van der Waals surface area contributed by atoms with E-state index in [0.29, 0.717) is 11.1 Å². The van der Waals surface area contributed by atoms with Gasteiger partial charge in [0.25, 0.3) is 0 Å². The molecule has 0 amide bonds. The minimum Gasteiger partial charge on any atom is -0.465 e. The first-order chi connectivity index (χ1) is 7.67. The highest BCUT2D eigenvalue weighted by Crippen LogP contribution is 2.21. The largest absolute Gasteiger partial charge is 0.465 e. The topological polar surface area (TPSA) is 44.1 Å².